The molecule has 0 aliphatic carbocycles. The van der Waals surface area contributed by atoms with Gasteiger partial charge >= 0.3 is 5.97 Å². The number of carbonyl (C=O) groups is 1. The highest BCUT2D eigenvalue weighted by molar-refractivity contribution is 6.33. The summed E-state index contributed by atoms with van der Waals surface area (Å²) in [6.07, 6.45) is 0. The van der Waals surface area contributed by atoms with E-state index in [9.17, 15) is 4.79 Å². The van der Waals surface area contributed by atoms with Crippen LogP contribution >= 0.6 is 11.6 Å². The van der Waals surface area contributed by atoms with Crippen molar-refractivity contribution in [1.82, 2.24) is 0 Å². The molecule has 0 spiro atoms. The van der Waals surface area contributed by atoms with Crippen molar-refractivity contribution >= 4 is 17.6 Å². The van der Waals surface area contributed by atoms with Gasteiger partial charge in [-0.15, -0.1) is 11.6 Å². The summed E-state index contributed by atoms with van der Waals surface area (Å²) in [4.78, 5) is 9.45. The molecule has 3 heteroatoms. The van der Waals surface area contributed by atoms with Crippen molar-refractivity contribution in [2.75, 3.05) is 0 Å². The fourth-order valence-corrected chi connectivity index (χ4v) is 1.12. The van der Waals surface area contributed by atoms with Crippen molar-refractivity contribution < 1.29 is 9.90 Å². The third kappa shape index (κ3) is 2.01. The van der Waals surface area contributed by atoms with E-state index in [1.807, 2.05) is 19.1 Å². The summed E-state index contributed by atoms with van der Waals surface area (Å²) >= 11 is 5.85. The maximum atomic E-state index is 10.8. The van der Waals surface area contributed by atoms with Gasteiger partial charge in [0, 0.05) is 0 Å². The topological polar surface area (TPSA) is 37.3 Å². The van der Waals surface area contributed by atoms with E-state index in [1.165, 1.54) is 6.92 Å². The van der Waals surface area contributed by atoms with Crippen LogP contribution in [0.1, 0.15) is 18.1 Å². The number of alkyl halides is 1. The molecule has 1 aromatic rings. The normalized spacial score (nSPS) is 15.0. The Morgan fingerprint density at radius 3 is 2.23 bits per heavy atom. The van der Waals surface area contributed by atoms with Gasteiger partial charge in [-0.05, 0) is 19.4 Å². The van der Waals surface area contributed by atoms with Gasteiger partial charge in [-0.1, -0.05) is 29.8 Å². The number of halogens is 1. The Kier molecular flexibility index (Phi) is 2.62. The number of aryl methyl sites for hydroxylation is 1. The van der Waals surface area contributed by atoms with Crippen LogP contribution in [0.3, 0.4) is 0 Å². The third-order valence-electron chi connectivity index (χ3n) is 2.00. The molecule has 0 aliphatic rings. The lowest BCUT2D eigenvalue weighted by molar-refractivity contribution is -0.139. The second kappa shape index (κ2) is 3.38. The zero-order valence-corrected chi connectivity index (χ0v) is 8.30. The van der Waals surface area contributed by atoms with Gasteiger partial charge in [0.1, 0.15) is 0 Å². The smallest absolute Gasteiger partial charge is 0.329 e. The molecule has 1 atom stereocenters. The van der Waals surface area contributed by atoms with Crippen LogP contribution in [0, 0.1) is 6.92 Å². The predicted octanol–water partition coefficient (Wildman–Crippen LogP) is 2.53. The zero-order valence-electron chi connectivity index (χ0n) is 7.54. The van der Waals surface area contributed by atoms with Crippen LogP contribution in [-0.4, -0.2) is 11.1 Å². The Morgan fingerprint density at radius 1 is 1.38 bits per heavy atom. The molecule has 13 heavy (non-hydrogen) atoms. The first-order valence-corrected chi connectivity index (χ1v) is 4.32. The SMILES string of the molecule is Cc1ccc(C(C)(Cl)C(=O)O)cc1. The maximum Gasteiger partial charge on any atom is 0.329 e. The summed E-state index contributed by atoms with van der Waals surface area (Å²) in [6, 6.07) is 7.16. The number of rotatable bonds is 2. The molecule has 0 fully saturated rings. The number of hydrogen-bond donors (Lipinski definition) is 1. The molecule has 0 aromatic heterocycles. The highest BCUT2D eigenvalue weighted by Crippen LogP contribution is 2.28. The Labute approximate surface area is 82.2 Å². The maximum absolute atomic E-state index is 10.8. The lowest BCUT2D eigenvalue weighted by Crippen LogP contribution is -2.25. The number of benzene rings is 1. The van der Waals surface area contributed by atoms with Crippen LogP contribution in [0.15, 0.2) is 24.3 Å². The monoisotopic (exact) mass is 198 g/mol. The van der Waals surface area contributed by atoms with Crippen LogP contribution in [-0.2, 0) is 9.67 Å². The average Bonchev–Trinajstić information content (AvgIpc) is 2.04. The van der Waals surface area contributed by atoms with Gasteiger partial charge in [0.2, 0.25) is 0 Å². The van der Waals surface area contributed by atoms with Gasteiger partial charge in [-0.25, -0.2) is 4.79 Å². The minimum Gasteiger partial charge on any atom is -0.480 e. The van der Waals surface area contributed by atoms with Crippen molar-refractivity contribution in [3.8, 4) is 0 Å². The first kappa shape index (κ1) is 10.1. The van der Waals surface area contributed by atoms with Gasteiger partial charge in [-0.2, -0.15) is 0 Å². The van der Waals surface area contributed by atoms with Gasteiger partial charge in [0.25, 0.3) is 0 Å². The largest absolute Gasteiger partial charge is 0.480 e. The molecule has 2 nitrogen and oxygen atoms in total. The highest BCUT2D eigenvalue weighted by Gasteiger charge is 2.32. The van der Waals surface area contributed by atoms with Gasteiger partial charge in [0.15, 0.2) is 4.87 Å². The van der Waals surface area contributed by atoms with Crippen molar-refractivity contribution in [2.45, 2.75) is 18.7 Å². The predicted molar refractivity (Wildman–Crippen MR) is 52.0 cm³/mol. The fraction of sp³-hybridized carbons (Fsp3) is 0.300. The molecule has 1 N–H and O–H groups in total. The summed E-state index contributed by atoms with van der Waals surface area (Å²) in [5.41, 5.74) is 1.69. The van der Waals surface area contributed by atoms with Crippen molar-refractivity contribution in [2.24, 2.45) is 0 Å². The molecule has 0 radical (unpaired) electrons. The first-order chi connectivity index (χ1) is 5.94. The summed E-state index contributed by atoms with van der Waals surface area (Å²) in [7, 11) is 0. The van der Waals surface area contributed by atoms with Gasteiger partial charge in [-0.3, -0.25) is 0 Å². The molecule has 1 unspecified atom stereocenters. The number of carboxylic acid groups (broad SMARTS) is 1. The number of hydrogen-bond acceptors (Lipinski definition) is 1. The lowest BCUT2D eigenvalue weighted by Gasteiger charge is -2.16. The molecular weight excluding hydrogens is 188 g/mol. The Balaban J connectivity index is 3.08. The van der Waals surface area contributed by atoms with Gasteiger partial charge < -0.3 is 5.11 Å². The van der Waals surface area contributed by atoms with Crippen molar-refractivity contribution in [3.05, 3.63) is 35.4 Å². The molecule has 1 aromatic carbocycles. The zero-order chi connectivity index (χ0) is 10.1. The average molecular weight is 199 g/mol. The van der Waals surface area contributed by atoms with E-state index in [4.69, 9.17) is 16.7 Å². The molecule has 0 bridgehead atoms. The minimum atomic E-state index is -1.33. The van der Waals surface area contributed by atoms with Crippen LogP contribution in [0.4, 0.5) is 0 Å². The molecule has 1 rings (SSSR count). The molecule has 0 saturated heterocycles. The van der Waals surface area contributed by atoms with E-state index < -0.39 is 10.8 Å². The molecule has 0 heterocycles. The van der Waals surface area contributed by atoms with E-state index in [1.54, 1.807) is 12.1 Å². The van der Waals surface area contributed by atoms with Crippen LogP contribution in [0.2, 0.25) is 0 Å². The highest BCUT2D eigenvalue weighted by atomic mass is 35.5. The molecule has 0 aliphatic heterocycles. The van der Waals surface area contributed by atoms with E-state index >= 15 is 0 Å². The van der Waals surface area contributed by atoms with Crippen molar-refractivity contribution in [3.63, 3.8) is 0 Å². The Bertz CT molecular complexity index is 314. The second-order valence-electron chi connectivity index (χ2n) is 3.17. The fourth-order valence-electron chi connectivity index (χ4n) is 0.990. The lowest BCUT2D eigenvalue weighted by atomic mass is 9.99. The summed E-state index contributed by atoms with van der Waals surface area (Å²) in [5, 5.41) is 8.83. The molecule has 0 amide bonds. The minimum absolute atomic E-state index is 0.604. The number of aliphatic carboxylic acids is 1. The first-order valence-electron chi connectivity index (χ1n) is 3.94. The molecule has 70 valence electrons. The van der Waals surface area contributed by atoms with E-state index in [0.29, 0.717) is 5.56 Å². The quantitative estimate of drug-likeness (QED) is 0.742. The second-order valence-corrected chi connectivity index (χ2v) is 3.93. The van der Waals surface area contributed by atoms with Gasteiger partial charge in [0.05, 0.1) is 0 Å². The summed E-state index contributed by atoms with van der Waals surface area (Å²) in [5.74, 6) is -1.03. The van der Waals surface area contributed by atoms with Crippen LogP contribution in [0.5, 0.6) is 0 Å². The molecular formula is C10H11ClO2. The van der Waals surface area contributed by atoms with E-state index in [-0.39, 0.29) is 0 Å². The Morgan fingerprint density at radius 2 is 1.85 bits per heavy atom. The van der Waals surface area contributed by atoms with Crippen molar-refractivity contribution in [1.29, 1.82) is 0 Å². The Hall–Kier alpha value is -1.02. The molecule has 0 saturated carbocycles. The van der Waals surface area contributed by atoms with Crippen LogP contribution in [0.25, 0.3) is 0 Å². The summed E-state index contributed by atoms with van der Waals surface area (Å²) in [6.45, 7) is 3.41. The summed E-state index contributed by atoms with van der Waals surface area (Å²) < 4.78 is 0. The van der Waals surface area contributed by atoms with E-state index in [2.05, 4.69) is 0 Å². The number of carboxylic acids is 1. The van der Waals surface area contributed by atoms with Crippen LogP contribution < -0.4 is 0 Å². The third-order valence-corrected chi connectivity index (χ3v) is 2.38. The standard InChI is InChI=1S/C10H11ClO2/c1-7-3-5-8(6-4-7)10(2,11)9(12)13/h3-6H,1-2H3,(H,12,13). The van der Waals surface area contributed by atoms with E-state index in [0.717, 1.165) is 5.56 Å².